The molecule has 2 aromatic carbocycles. The van der Waals surface area contributed by atoms with E-state index in [1.54, 1.807) is 6.20 Å². The molecule has 3 rings (SSSR count). The number of halogens is 2. The summed E-state index contributed by atoms with van der Waals surface area (Å²) < 4.78 is 60.0. The van der Waals surface area contributed by atoms with Gasteiger partial charge in [0, 0.05) is 13.2 Å². The molecule has 0 saturated carbocycles. The molecule has 0 aliphatic carbocycles. The van der Waals surface area contributed by atoms with E-state index in [0.717, 1.165) is 18.2 Å². The van der Waals surface area contributed by atoms with Gasteiger partial charge in [0.25, 0.3) is 10.0 Å². The van der Waals surface area contributed by atoms with Gasteiger partial charge in [0.15, 0.2) is 0 Å². The van der Waals surface area contributed by atoms with Crippen LogP contribution in [0.3, 0.4) is 0 Å². The number of benzene rings is 2. The third-order valence-electron chi connectivity index (χ3n) is 3.42. The number of nitrogens with one attached hydrogen (secondary N) is 1. The second-order valence-electron chi connectivity index (χ2n) is 5.31. The van der Waals surface area contributed by atoms with E-state index in [-0.39, 0.29) is 4.90 Å². The van der Waals surface area contributed by atoms with Gasteiger partial charge >= 0.3 is 0 Å². The molecule has 1 heterocycles. The van der Waals surface area contributed by atoms with Crippen LogP contribution in [-0.4, -0.2) is 30.5 Å². The van der Waals surface area contributed by atoms with Crippen LogP contribution in [0, 0.1) is 11.6 Å². The van der Waals surface area contributed by atoms with Crippen molar-refractivity contribution in [2.45, 2.75) is 11.5 Å². The fourth-order valence-electron chi connectivity index (χ4n) is 2.20. The predicted octanol–water partition coefficient (Wildman–Crippen LogP) is 2.49. The van der Waals surface area contributed by atoms with Crippen LogP contribution in [0.4, 0.5) is 14.5 Å². The molecule has 0 aliphatic heterocycles. The second kappa shape index (κ2) is 7.18. The molecule has 0 atom stereocenters. The molecular weight excluding hydrogens is 366 g/mol. The highest BCUT2D eigenvalue weighted by molar-refractivity contribution is 7.92. The van der Waals surface area contributed by atoms with E-state index in [0.29, 0.717) is 18.0 Å². The molecule has 0 saturated heterocycles. The van der Waals surface area contributed by atoms with Crippen LogP contribution >= 0.6 is 0 Å². The largest absolute Gasteiger partial charge is 0.378 e. The molecule has 26 heavy (non-hydrogen) atoms. The average Bonchev–Trinajstić information content (AvgIpc) is 3.07. The Morgan fingerprint density at radius 1 is 1.15 bits per heavy atom. The number of anilines is 1. The van der Waals surface area contributed by atoms with Crippen molar-refractivity contribution in [1.82, 2.24) is 15.0 Å². The fourth-order valence-corrected chi connectivity index (χ4v) is 3.25. The molecule has 1 aromatic heterocycles. The number of hydrogen-bond donors (Lipinski definition) is 1. The highest BCUT2D eigenvalue weighted by atomic mass is 32.2. The van der Waals surface area contributed by atoms with E-state index in [1.165, 1.54) is 36.1 Å². The lowest BCUT2D eigenvalue weighted by molar-refractivity contribution is 0.181. The van der Waals surface area contributed by atoms with Gasteiger partial charge in [-0.25, -0.2) is 21.9 Å². The number of methoxy groups -OCH3 is 1. The maximum atomic E-state index is 13.6. The van der Waals surface area contributed by atoms with Crippen LogP contribution in [0.1, 0.15) is 5.69 Å². The van der Waals surface area contributed by atoms with Gasteiger partial charge in [0.05, 0.1) is 29.1 Å². The van der Waals surface area contributed by atoms with Crippen LogP contribution in [-0.2, 0) is 21.4 Å². The van der Waals surface area contributed by atoms with Gasteiger partial charge in [0.2, 0.25) is 0 Å². The van der Waals surface area contributed by atoms with Crippen molar-refractivity contribution in [3.8, 4) is 5.69 Å². The molecule has 1 N–H and O–H groups in total. The van der Waals surface area contributed by atoms with Gasteiger partial charge in [-0.3, -0.25) is 4.72 Å². The zero-order chi connectivity index (χ0) is 18.7. The van der Waals surface area contributed by atoms with Gasteiger partial charge < -0.3 is 4.74 Å². The summed E-state index contributed by atoms with van der Waals surface area (Å²) in [7, 11) is -2.54. The summed E-state index contributed by atoms with van der Waals surface area (Å²) in [6.07, 6.45) is 1.65. The van der Waals surface area contributed by atoms with Crippen molar-refractivity contribution in [3.63, 3.8) is 0 Å². The topological polar surface area (TPSA) is 86.1 Å². The lowest BCUT2D eigenvalue weighted by Gasteiger charge is -2.09. The van der Waals surface area contributed by atoms with Gasteiger partial charge in [-0.15, -0.1) is 5.10 Å². The molecule has 3 aromatic rings. The summed E-state index contributed by atoms with van der Waals surface area (Å²) in [6.45, 7) is 0.301. The van der Waals surface area contributed by atoms with E-state index >= 15 is 0 Å². The molecular formula is C16H14F2N4O3S. The Hall–Kier alpha value is -2.85. The first-order valence-electron chi connectivity index (χ1n) is 7.37. The first-order chi connectivity index (χ1) is 12.4. The summed E-state index contributed by atoms with van der Waals surface area (Å²) in [4.78, 5) is -0.109. The maximum Gasteiger partial charge on any atom is 0.261 e. The SMILES string of the molecule is COCc1cn(-c2ccc(S(=O)(=O)Nc3cc(F)ccc3F)cc2)nn1. The third-order valence-corrected chi connectivity index (χ3v) is 4.80. The van der Waals surface area contributed by atoms with Gasteiger partial charge in [-0.05, 0) is 36.4 Å². The van der Waals surface area contributed by atoms with Crippen LogP contribution < -0.4 is 4.72 Å². The standard InChI is InChI=1S/C16H14F2N4O3S/c1-25-10-12-9-22(21-19-12)13-3-5-14(6-4-13)26(23,24)20-16-8-11(17)2-7-15(16)18/h2-9,20H,10H2,1H3. The van der Waals surface area contributed by atoms with Gasteiger partial charge in [-0.2, -0.15) is 0 Å². The van der Waals surface area contributed by atoms with Crippen LogP contribution in [0.25, 0.3) is 5.69 Å². The highest BCUT2D eigenvalue weighted by Gasteiger charge is 2.17. The Balaban J connectivity index is 1.83. The monoisotopic (exact) mass is 380 g/mol. The van der Waals surface area contributed by atoms with E-state index in [4.69, 9.17) is 4.74 Å². The Labute approximate surface area is 148 Å². The maximum absolute atomic E-state index is 13.6. The zero-order valence-corrected chi connectivity index (χ0v) is 14.4. The lowest BCUT2D eigenvalue weighted by Crippen LogP contribution is -2.14. The van der Waals surface area contributed by atoms with E-state index in [9.17, 15) is 17.2 Å². The minimum Gasteiger partial charge on any atom is -0.378 e. The number of ether oxygens (including phenoxy) is 1. The Morgan fingerprint density at radius 2 is 1.88 bits per heavy atom. The van der Waals surface area contributed by atoms with E-state index < -0.39 is 27.3 Å². The van der Waals surface area contributed by atoms with Crippen LogP contribution in [0.2, 0.25) is 0 Å². The fraction of sp³-hybridized carbons (Fsp3) is 0.125. The minimum atomic E-state index is -4.08. The first-order valence-corrected chi connectivity index (χ1v) is 8.86. The number of hydrogen-bond acceptors (Lipinski definition) is 5. The van der Waals surface area contributed by atoms with E-state index in [1.807, 2.05) is 4.72 Å². The van der Waals surface area contributed by atoms with Crippen molar-refractivity contribution in [2.75, 3.05) is 11.8 Å². The van der Waals surface area contributed by atoms with Crippen molar-refractivity contribution in [3.05, 3.63) is 66.0 Å². The molecule has 0 bridgehead atoms. The number of sulfonamides is 1. The highest BCUT2D eigenvalue weighted by Crippen LogP contribution is 2.21. The van der Waals surface area contributed by atoms with Crippen LogP contribution in [0.15, 0.2) is 53.6 Å². The summed E-state index contributed by atoms with van der Waals surface area (Å²) in [5, 5.41) is 7.82. The van der Waals surface area contributed by atoms with E-state index in [2.05, 4.69) is 10.3 Å². The molecule has 10 heteroatoms. The minimum absolute atomic E-state index is 0.109. The normalized spacial score (nSPS) is 11.5. The summed E-state index contributed by atoms with van der Waals surface area (Å²) in [6, 6.07) is 8.20. The summed E-state index contributed by atoms with van der Waals surface area (Å²) in [5.74, 6) is -1.63. The molecule has 0 amide bonds. The molecule has 0 aliphatic rings. The first kappa shape index (κ1) is 18.0. The number of aromatic nitrogens is 3. The number of rotatable bonds is 6. The van der Waals surface area contributed by atoms with Crippen molar-refractivity contribution >= 4 is 15.7 Å². The number of nitrogens with zero attached hydrogens (tertiary/aromatic N) is 3. The van der Waals surface area contributed by atoms with Gasteiger partial charge in [-0.1, -0.05) is 5.21 Å². The lowest BCUT2D eigenvalue weighted by atomic mass is 10.3. The summed E-state index contributed by atoms with van der Waals surface area (Å²) >= 11 is 0. The zero-order valence-electron chi connectivity index (χ0n) is 13.6. The quantitative estimate of drug-likeness (QED) is 0.710. The molecule has 136 valence electrons. The smallest absolute Gasteiger partial charge is 0.261 e. The van der Waals surface area contributed by atoms with Crippen LogP contribution in [0.5, 0.6) is 0 Å². The third kappa shape index (κ3) is 3.86. The molecule has 0 unspecified atom stereocenters. The second-order valence-corrected chi connectivity index (χ2v) is 6.99. The van der Waals surface area contributed by atoms with Crippen molar-refractivity contribution in [2.24, 2.45) is 0 Å². The average molecular weight is 380 g/mol. The Kier molecular flexibility index (Phi) is 4.96. The molecule has 7 nitrogen and oxygen atoms in total. The predicted molar refractivity (Wildman–Crippen MR) is 89.2 cm³/mol. The molecule has 0 fully saturated rings. The molecule has 0 spiro atoms. The Morgan fingerprint density at radius 3 is 2.58 bits per heavy atom. The Bertz CT molecular complexity index is 1020. The summed E-state index contributed by atoms with van der Waals surface area (Å²) in [5.41, 5.74) is 0.734. The molecule has 0 radical (unpaired) electrons. The van der Waals surface area contributed by atoms with Crippen molar-refractivity contribution < 1.29 is 21.9 Å². The van der Waals surface area contributed by atoms with Crippen molar-refractivity contribution in [1.29, 1.82) is 0 Å². The van der Waals surface area contributed by atoms with Gasteiger partial charge in [0.1, 0.15) is 17.3 Å².